The standard InChI is InChI=1S/C10H11NO2S/c12-10(13)8-6-11-9(14-8)7-4-2-1-3-5-7/h1-5,8-9,11H,6H2,(H,12,13). The minimum absolute atomic E-state index is 0.122. The Bertz CT molecular complexity index is 328. The zero-order valence-electron chi connectivity index (χ0n) is 7.51. The summed E-state index contributed by atoms with van der Waals surface area (Å²) in [6.07, 6.45) is 0. The van der Waals surface area contributed by atoms with Crippen LogP contribution in [0.1, 0.15) is 10.9 Å². The van der Waals surface area contributed by atoms with E-state index in [4.69, 9.17) is 5.11 Å². The molecule has 0 bridgehead atoms. The van der Waals surface area contributed by atoms with Crippen LogP contribution in [0, 0.1) is 0 Å². The first-order chi connectivity index (χ1) is 6.77. The van der Waals surface area contributed by atoms with Crippen LogP contribution in [0.2, 0.25) is 0 Å². The highest BCUT2D eigenvalue weighted by Crippen LogP contribution is 2.34. The van der Waals surface area contributed by atoms with E-state index >= 15 is 0 Å². The molecular weight excluding hydrogens is 198 g/mol. The first kappa shape index (κ1) is 9.55. The molecule has 2 atom stereocenters. The predicted molar refractivity (Wildman–Crippen MR) is 56.2 cm³/mol. The normalized spacial score (nSPS) is 26.3. The molecule has 0 radical (unpaired) electrons. The van der Waals surface area contributed by atoms with Crippen LogP contribution < -0.4 is 5.32 Å². The summed E-state index contributed by atoms with van der Waals surface area (Å²) >= 11 is 1.46. The Morgan fingerprint density at radius 1 is 1.43 bits per heavy atom. The summed E-state index contributed by atoms with van der Waals surface area (Å²) in [5, 5.41) is 11.8. The fraction of sp³-hybridized carbons (Fsp3) is 0.300. The second-order valence-electron chi connectivity index (χ2n) is 3.16. The molecule has 1 aromatic rings. The summed E-state index contributed by atoms with van der Waals surface area (Å²) in [6.45, 7) is 0.541. The minimum Gasteiger partial charge on any atom is -0.480 e. The van der Waals surface area contributed by atoms with E-state index in [2.05, 4.69) is 5.32 Å². The van der Waals surface area contributed by atoms with Gasteiger partial charge in [-0.15, -0.1) is 11.8 Å². The summed E-state index contributed by atoms with van der Waals surface area (Å²) < 4.78 is 0. The summed E-state index contributed by atoms with van der Waals surface area (Å²) in [5.41, 5.74) is 1.14. The Morgan fingerprint density at radius 2 is 2.14 bits per heavy atom. The van der Waals surface area contributed by atoms with Gasteiger partial charge in [-0.1, -0.05) is 30.3 Å². The third-order valence-electron chi connectivity index (χ3n) is 2.17. The SMILES string of the molecule is O=C(O)C1CNC(c2ccccc2)S1. The Hall–Kier alpha value is -1.00. The van der Waals surface area contributed by atoms with Gasteiger partial charge in [0.15, 0.2) is 0 Å². The molecule has 0 aliphatic carbocycles. The van der Waals surface area contributed by atoms with Crippen LogP contribution >= 0.6 is 11.8 Å². The highest BCUT2D eigenvalue weighted by molar-refractivity contribution is 8.01. The zero-order valence-corrected chi connectivity index (χ0v) is 8.33. The van der Waals surface area contributed by atoms with Crippen LogP contribution in [-0.4, -0.2) is 22.9 Å². The molecule has 0 saturated carbocycles. The molecule has 1 saturated heterocycles. The average Bonchev–Trinajstić information content (AvgIpc) is 2.68. The predicted octanol–water partition coefficient (Wildman–Crippen LogP) is 1.47. The van der Waals surface area contributed by atoms with Crippen molar-refractivity contribution in [1.82, 2.24) is 5.32 Å². The van der Waals surface area contributed by atoms with Gasteiger partial charge in [-0.25, -0.2) is 0 Å². The maximum absolute atomic E-state index is 10.7. The van der Waals surface area contributed by atoms with Crippen LogP contribution in [0.5, 0.6) is 0 Å². The van der Waals surface area contributed by atoms with Crippen LogP contribution in [-0.2, 0) is 4.79 Å². The molecule has 4 heteroatoms. The summed E-state index contributed by atoms with van der Waals surface area (Å²) in [6, 6.07) is 9.90. The topological polar surface area (TPSA) is 49.3 Å². The molecule has 0 aromatic heterocycles. The van der Waals surface area contributed by atoms with Gasteiger partial charge in [0.1, 0.15) is 5.25 Å². The van der Waals surface area contributed by atoms with E-state index in [0.717, 1.165) is 5.56 Å². The second kappa shape index (κ2) is 4.02. The average molecular weight is 209 g/mol. The molecule has 1 aliphatic rings. The maximum atomic E-state index is 10.7. The summed E-state index contributed by atoms with van der Waals surface area (Å²) in [5.74, 6) is -0.735. The van der Waals surface area contributed by atoms with Gasteiger partial charge >= 0.3 is 5.97 Å². The van der Waals surface area contributed by atoms with E-state index in [1.807, 2.05) is 30.3 Å². The molecule has 1 heterocycles. The molecule has 1 fully saturated rings. The van der Waals surface area contributed by atoms with Crippen LogP contribution in [0.3, 0.4) is 0 Å². The van der Waals surface area contributed by atoms with E-state index in [1.165, 1.54) is 11.8 Å². The fourth-order valence-electron chi connectivity index (χ4n) is 1.44. The smallest absolute Gasteiger partial charge is 0.318 e. The molecule has 2 rings (SSSR count). The van der Waals surface area contributed by atoms with Crippen molar-refractivity contribution in [3.05, 3.63) is 35.9 Å². The van der Waals surface area contributed by atoms with Crippen molar-refractivity contribution < 1.29 is 9.90 Å². The number of thioether (sulfide) groups is 1. The van der Waals surface area contributed by atoms with E-state index < -0.39 is 5.97 Å². The van der Waals surface area contributed by atoms with E-state index in [9.17, 15) is 4.79 Å². The maximum Gasteiger partial charge on any atom is 0.318 e. The number of nitrogens with one attached hydrogen (secondary N) is 1. The van der Waals surface area contributed by atoms with Gasteiger partial charge in [0.2, 0.25) is 0 Å². The number of carboxylic acids is 1. The monoisotopic (exact) mass is 209 g/mol. The van der Waals surface area contributed by atoms with E-state index in [-0.39, 0.29) is 10.6 Å². The minimum atomic E-state index is -0.735. The lowest BCUT2D eigenvalue weighted by Gasteiger charge is -2.08. The van der Waals surface area contributed by atoms with Crippen molar-refractivity contribution in [3.8, 4) is 0 Å². The number of aliphatic carboxylic acids is 1. The molecule has 2 unspecified atom stereocenters. The lowest BCUT2D eigenvalue weighted by molar-refractivity contribution is -0.136. The van der Waals surface area contributed by atoms with Gasteiger partial charge in [-0.05, 0) is 5.56 Å². The summed E-state index contributed by atoms with van der Waals surface area (Å²) in [4.78, 5) is 10.7. The van der Waals surface area contributed by atoms with Gasteiger partial charge in [0.25, 0.3) is 0 Å². The molecule has 14 heavy (non-hydrogen) atoms. The molecule has 0 spiro atoms. The quantitative estimate of drug-likeness (QED) is 0.774. The van der Waals surface area contributed by atoms with Crippen molar-refractivity contribution in [2.75, 3.05) is 6.54 Å². The highest BCUT2D eigenvalue weighted by atomic mass is 32.2. The molecule has 74 valence electrons. The Kier molecular flexibility index (Phi) is 2.74. The molecule has 2 N–H and O–H groups in total. The second-order valence-corrected chi connectivity index (χ2v) is 4.47. The number of carboxylic acid groups (broad SMARTS) is 1. The van der Waals surface area contributed by atoms with E-state index in [0.29, 0.717) is 6.54 Å². The van der Waals surface area contributed by atoms with Gasteiger partial charge in [0, 0.05) is 6.54 Å². The fourth-order valence-corrected chi connectivity index (χ4v) is 2.59. The van der Waals surface area contributed by atoms with Gasteiger partial charge < -0.3 is 5.11 Å². The Labute approximate surface area is 86.5 Å². The van der Waals surface area contributed by atoms with Crippen molar-refractivity contribution in [2.24, 2.45) is 0 Å². The number of rotatable bonds is 2. The molecule has 1 aliphatic heterocycles. The van der Waals surface area contributed by atoms with Crippen LogP contribution in [0.4, 0.5) is 0 Å². The molecular formula is C10H11NO2S. The molecule has 0 amide bonds. The Balaban J connectivity index is 2.06. The Morgan fingerprint density at radius 3 is 2.71 bits per heavy atom. The first-order valence-electron chi connectivity index (χ1n) is 4.44. The molecule has 3 nitrogen and oxygen atoms in total. The number of carbonyl (C=O) groups is 1. The van der Waals surface area contributed by atoms with Crippen molar-refractivity contribution in [2.45, 2.75) is 10.6 Å². The van der Waals surface area contributed by atoms with Crippen molar-refractivity contribution in [1.29, 1.82) is 0 Å². The van der Waals surface area contributed by atoms with Gasteiger partial charge in [-0.3, -0.25) is 10.1 Å². The van der Waals surface area contributed by atoms with Crippen molar-refractivity contribution >= 4 is 17.7 Å². The zero-order chi connectivity index (χ0) is 9.97. The number of benzene rings is 1. The lowest BCUT2D eigenvalue weighted by atomic mass is 10.2. The number of hydrogen-bond acceptors (Lipinski definition) is 3. The van der Waals surface area contributed by atoms with E-state index in [1.54, 1.807) is 0 Å². The third kappa shape index (κ3) is 1.91. The lowest BCUT2D eigenvalue weighted by Crippen LogP contribution is -2.21. The largest absolute Gasteiger partial charge is 0.480 e. The van der Waals surface area contributed by atoms with Crippen molar-refractivity contribution in [3.63, 3.8) is 0 Å². The highest BCUT2D eigenvalue weighted by Gasteiger charge is 2.30. The number of hydrogen-bond donors (Lipinski definition) is 2. The molecule has 1 aromatic carbocycles. The van der Waals surface area contributed by atoms with Crippen LogP contribution in [0.15, 0.2) is 30.3 Å². The summed E-state index contributed by atoms with van der Waals surface area (Å²) in [7, 11) is 0. The first-order valence-corrected chi connectivity index (χ1v) is 5.38. The van der Waals surface area contributed by atoms with Crippen LogP contribution in [0.25, 0.3) is 0 Å². The van der Waals surface area contributed by atoms with Gasteiger partial charge in [-0.2, -0.15) is 0 Å². The van der Waals surface area contributed by atoms with Gasteiger partial charge in [0.05, 0.1) is 5.37 Å². The third-order valence-corrected chi connectivity index (χ3v) is 3.57.